The van der Waals surface area contributed by atoms with Crippen LogP contribution in [0.3, 0.4) is 0 Å². The summed E-state index contributed by atoms with van der Waals surface area (Å²) in [5.41, 5.74) is 5.35. The van der Waals surface area contributed by atoms with Crippen LogP contribution in [0.1, 0.15) is 96.9 Å². The van der Waals surface area contributed by atoms with E-state index in [-0.39, 0.29) is 22.8 Å². The topological polar surface area (TPSA) is 30.5 Å². The maximum absolute atomic E-state index is 6.42. The third-order valence-electron chi connectivity index (χ3n) is 6.50. The number of hydrogen-bond donors (Lipinski definition) is 1. The van der Waals surface area contributed by atoms with Gasteiger partial charge in [0.05, 0.1) is 0 Å². The molecular formula is C30H48NO2P. The van der Waals surface area contributed by atoms with Gasteiger partial charge in [0.15, 0.2) is 6.79 Å². The molecule has 0 radical (unpaired) electrons. The highest BCUT2D eigenvalue weighted by atomic mass is 31.1. The highest BCUT2D eigenvalue weighted by molar-refractivity contribution is 7.48. The molecule has 0 heterocycles. The molecule has 0 amide bonds. The van der Waals surface area contributed by atoms with E-state index in [4.69, 9.17) is 9.47 Å². The fourth-order valence-corrected chi connectivity index (χ4v) is 6.11. The zero-order chi connectivity index (χ0) is 25.6. The van der Waals surface area contributed by atoms with Crippen LogP contribution in [0.4, 0.5) is 0 Å². The molecule has 2 rings (SSSR count). The fraction of sp³-hybridized carbons (Fsp3) is 0.600. The van der Waals surface area contributed by atoms with Crippen molar-refractivity contribution in [3.63, 3.8) is 0 Å². The second kappa shape index (κ2) is 12.0. The molecule has 1 N–H and O–H groups in total. The number of unbranched alkanes of at least 4 members (excludes halogenated alkanes) is 1. The first-order valence-corrected chi connectivity index (χ1v) is 13.7. The third-order valence-corrected chi connectivity index (χ3v) is 8.33. The van der Waals surface area contributed by atoms with Gasteiger partial charge in [-0.2, -0.15) is 0 Å². The van der Waals surface area contributed by atoms with Crippen LogP contribution >= 0.6 is 8.58 Å². The molecule has 0 aliphatic heterocycles. The Balaban J connectivity index is 2.82. The first-order chi connectivity index (χ1) is 15.9. The predicted octanol–water partition coefficient (Wildman–Crippen LogP) is 7.39. The molecule has 0 saturated carbocycles. The summed E-state index contributed by atoms with van der Waals surface area (Å²) in [6, 6.07) is 13.7. The van der Waals surface area contributed by atoms with Crippen molar-refractivity contribution in [3.8, 4) is 5.75 Å². The Hall–Kier alpha value is -1.41. The predicted molar refractivity (Wildman–Crippen MR) is 150 cm³/mol. The molecule has 3 nitrogen and oxygen atoms in total. The second-order valence-corrected chi connectivity index (χ2v) is 13.6. The van der Waals surface area contributed by atoms with Gasteiger partial charge >= 0.3 is 0 Å². The summed E-state index contributed by atoms with van der Waals surface area (Å²) < 4.78 is 11.8. The third kappa shape index (κ3) is 7.30. The van der Waals surface area contributed by atoms with Gasteiger partial charge in [0.1, 0.15) is 5.75 Å². The van der Waals surface area contributed by atoms with Gasteiger partial charge in [0, 0.05) is 29.9 Å². The fourth-order valence-electron chi connectivity index (χ4n) is 4.38. The number of methoxy groups -OCH3 is 1. The largest absolute Gasteiger partial charge is 0.467 e. The van der Waals surface area contributed by atoms with Crippen molar-refractivity contribution >= 4 is 13.9 Å². The number of rotatable bonds is 11. The van der Waals surface area contributed by atoms with Crippen molar-refractivity contribution in [2.24, 2.45) is 0 Å². The van der Waals surface area contributed by atoms with Gasteiger partial charge in [-0.05, 0) is 40.7 Å². The number of benzene rings is 2. The Kier molecular flexibility index (Phi) is 10.2. The normalized spacial score (nSPS) is 14.5. The molecule has 0 fully saturated rings. The molecule has 2 aromatic carbocycles. The molecule has 0 saturated heterocycles. The maximum atomic E-state index is 6.42. The minimum atomic E-state index is -0.0437. The van der Waals surface area contributed by atoms with Crippen LogP contribution in [0.15, 0.2) is 36.4 Å². The molecule has 0 spiro atoms. The molecular weight excluding hydrogens is 437 g/mol. The van der Waals surface area contributed by atoms with Crippen molar-refractivity contribution in [2.75, 3.05) is 21.0 Å². The zero-order valence-corrected chi connectivity index (χ0v) is 24.3. The summed E-state index contributed by atoms with van der Waals surface area (Å²) >= 11 is 0. The highest BCUT2D eigenvalue weighted by Crippen LogP contribution is 2.52. The molecule has 2 unspecified atom stereocenters. The Bertz CT molecular complexity index is 926. The second-order valence-electron chi connectivity index (χ2n) is 11.7. The van der Waals surface area contributed by atoms with Gasteiger partial charge in [-0.25, -0.2) is 0 Å². The SMILES string of the molecule is CCCCC(C)(Pc1ccccc1CNC)c1cc(C(C)(C)C)cc(C(C)(C)C)c1OCOC. The molecule has 4 heteroatoms. The highest BCUT2D eigenvalue weighted by Gasteiger charge is 2.35. The lowest BCUT2D eigenvalue weighted by molar-refractivity contribution is 0.0486. The van der Waals surface area contributed by atoms with Crippen LogP contribution < -0.4 is 15.4 Å². The molecule has 2 atom stereocenters. The van der Waals surface area contributed by atoms with Crippen molar-refractivity contribution < 1.29 is 9.47 Å². The van der Waals surface area contributed by atoms with Crippen LogP contribution in [0, 0.1) is 0 Å². The number of hydrogen-bond acceptors (Lipinski definition) is 3. The molecule has 0 aliphatic carbocycles. The lowest BCUT2D eigenvalue weighted by Crippen LogP contribution is -2.27. The smallest absolute Gasteiger partial charge is 0.188 e. The van der Waals surface area contributed by atoms with Crippen LogP contribution in [-0.4, -0.2) is 21.0 Å². The minimum absolute atomic E-state index is 0.0375. The standard InChI is InChI=1S/C30H48NO2P/c1-11-12-17-30(8,34-26-16-14-13-15-22(26)20-31-9)25-19-23(28(2,3)4)18-24(29(5,6)7)27(25)33-21-32-10/h13-16,18-19,31,34H,11-12,17,20-21H2,1-10H3. The van der Waals surface area contributed by atoms with Crippen LogP contribution in [-0.2, 0) is 27.3 Å². The Morgan fingerprint density at radius 3 is 2.12 bits per heavy atom. The summed E-state index contributed by atoms with van der Waals surface area (Å²) in [6.45, 7) is 19.7. The van der Waals surface area contributed by atoms with E-state index in [9.17, 15) is 0 Å². The molecule has 34 heavy (non-hydrogen) atoms. The molecule has 2 aromatic rings. The van der Waals surface area contributed by atoms with Crippen molar-refractivity contribution in [1.29, 1.82) is 0 Å². The lowest BCUT2D eigenvalue weighted by Gasteiger charge is -2.37. The maximum Gasteiger partial charge on any atom is 0.188 e. The number of nitrogens with one attached hydrogen (secondary N) is 1. The van der Waals surface area contributed by atoms with Crippen molar-refractivity contribution in [3.05, 3.63) is 58.7 Å². The van der Waals surface area contributed by atoms with E-state index in [2.05, 4.69) is 97.1 Å². The Labute approximate surface area is 211 Å². The average molecular weight is 486 g/mol. The molecule has 0 aliphatic rings. The Morgan fingerprint density at radius 2 is 1.56 bits per heavy atom. The van der Waals surface area contributed by atoms with E-state index < -0.39 is 0 Å². The monoisotopic (exact) mass is 485 g/mol. The van der Waals surface area contributed by atoms with Crippen LogP contribution in [0.2, 0.25) is 0 Å². The summed E-state index contributed by atoms with van der Waals surface area (Å²) in [5.74, 6) is 1.01. The van der Waals surface area contributed by atoms with Crippen LogP contribution in [0.25, 0.3) is 0 Å². The zero-order valence-electron chi connectivity index (χ0n) is 23.3. The first-order valence-electron chi connectivity index (χ1n) is 12.7. The van der Waals surface area contributed by atoms with E-state index in [0.717, 1.165) is 18.7 Å². The quantitative estimate of drug-likeness (QED) is 0.266. The van der Waals surface area contributed by atoms with Gasteiger partial charge in [-0.3, -0.25) is 0 Å². The number of ether oxygens (including phenoxy) is 2. The average Bonchev–Trinajstić information content (AvgIpc) is 2.76. The lowest BCUT2D eigenvalue weighted by atomic mass is 9.76. The van der Waals surface area contributed by atoms with Gasteiger partial charge in [0.25, 0.3) is 0 Å². The van der Waals surface area contributed by atoms with E-state index in [0.29, 0.717) is 8.58 Å². The summed E-state index contributed by atoms with van der Waals surface area (Å²) in [7, 11) is 4.37. The molecule has 0 bridgehead atoms. The Morgan fingerprint density at radius 1 is 0.912 bits per heavy atom. The first kappa shape index (κ1) is 28.8. The van der Waals surface area contributed by atoms with Crippen molar-refractivity contribution in [2.45, 2.75) is 97.2 Å². The molecule has 0 aromatic heterocycles. The van der Waals surface area contributed by atoms with Gasteiger partial charge < -0.3 is 14.8 Å². The van der Waals surface area contributed by atoms with Gasteiger partial charge in [-0.1, -0.05) is 113 Å². The summed E-state index contributed by atoms with van der Waals surface area (Å²) in [6.07, 6.45) is 3.49. The van der Waals surface area contributed by atoms with E-state index >= 15 is 0 Å². The van der Waals surface area contributed by atoms with Crippen LogP contribution in [0.5, 0.6) is 5.75 Å². The van der Waals surface area contributed by atoms with Gasteiger partial charge in [-0.15, -0.1) is 0 Å². The minimum Gasteiger partial charge on any atom is -0.467 e. The van der Waals surface area contributed by atoms with E-state index in [1.54, 1.807) is 7.11 Å². The van der Waals surface area contributed by atoms with Gasteiger partial charge in [0.2, 0.25) is 0 Å². The summed E-state index contributed by atoms with van der Waals surface area (Å²) in [5, 5.41) is 4.75. The van der Waals surface area contributed by atoms with E-state index in [1.165, 1.54) is 40.4 Å². The van der Waals surface area contributed by atoms with E-state index in [1.807, 2.05) is 7.05 Å². The molecule has 190 valence electrons. The van der Waals surface area contributed by atoms with Crippen molar-refractivity contribution in [1.82, 2.24) is 5.32 Å². The summed E-state index contributed by atoms with van der Waals surface area (Å²) in [4.78, 5) is 0.